The summed E-state index contributed by atoms with van der Waals surface area (Å²) in [6, 6.07) is 16.3. The van der Waals surface area contributed by atoms with Crippen molar-refractivity contribution < 1.29 is 14.3 Å². The van der Waals surface area contributed by atoms with Gasteiger partial charge in [-0.3, -0.25) is 4.79 Å². The molecule has 0 aromatic heterocycles. The first-order valence-electron chi connectivity index (χ1n) is 7.89. The van der Waals surface area contributed by atoms with Crippen LogP contribution in [0.15, 0.2) is 48.5 Å². The number of fused-ring (bicyclic) bond motifs is 1. The van der Waals surface area contributed by atoms with Crippen LogP contribution in [0.25, 0.3) is 0 Å². The number of nitriles is 1. The summed E-state index contributed by atoms with van der Waals surface area (Å²) in [5, 5.41) is 8.98. The lowest BCUT2D eigenvalue weighted by Crippen LogP contribution is -2.43. The first-order valence-corrected chi connectivity index (χ1v) is 7.89. The van der Waals surface area contributed by atoms with E-state index >= 15 is 0 Å². The van der Waals surface area contributed by atoms with Crippen molar-refractivity contribution in [3.05, 3.63) is 59.7 Å². The molecule has 2 aromatic carbocycles. The average molecular weight is 322 g/mol. The van der Waals surface area contributed by atoms with E-state index in [1.54, 1.807) is 29.2 Å². The highest BCUT2D eigenvalue weighted by atomic mass is 16.6. The van der Waals surface area contributed by atoms with Gasteiger partial charge in [-0.15, -0.1) is 0 Å². The van der Waals surface area contributed by atoms with Crippen LogP contribution in [-0.4, -0.2) is 36.6 Å². The molecule has 0 N–H and O–H groups in total. The van der Waals surface area contributed by atoms with Crippen LogP contribution >= 0.6 is 0 Å². The maximum atomic E-state index is 12.7. The maximum absolute atomic E-state index is 12.7. The number of carbonyl (C=O) groups excluding carboxylic acids is 1. The molecule has 0 saturated heterocycles. The van der Waals surface area contributed by atoms with E-state index in [0.717, 1.165) is 5.75 Å². The van der Waals surface area contributed by atoms with Crippen LogP contribution in [0.2, 0.25) is 0 Å². The van der Waals surface area contributed by atoms with Crippen molar-refractivity contribution >= 4 is 5.91 Å². The van der Waals surface area contributed by atoms with Gasteiger partial charge in [-0.2, -0.15) is 5.26 Å². The van der Waals surface area contributed by atoms with Gasteiger partial charge in [0.15, 0.2) is 17.6 Å². The van der Waals surface area contributed by atoms with E-state index in [2.05, 4.69) is 6.07 Å². The molecule has 0 unspecified atom stereocenters. The molecular formula is C19H18N2O3. The van der Waals surface area contributed by atoms with Crippen molar-refractivity contribution in [2.24, 2.45) is 0 Å². The van der Waals surface area contributed by atoms with Crippen molar-refractivity contribution in [2.75, 3.05) is 19.7 Å². The van der Waals surface area contributed by atoms with Gasteiger partial charge < -0.3 is 14.4 Å². The number of likely N-dealkylation sites (N-methyl/N-ethyl adjacent to an activating group) is 1. The van der Waals surface area contributed by atoms with Gasteiger partial charge in [0, 0.05) is 12.1 Å². The molecule has 122 valence electrons. The zero-order valence-electron chi connectivity index (χ0n) is 13.4. The Hall–Kier alpha value is -3.00. The fraction of sp³-hybridized carbons (Fsp3) is 0.263. The number of para-hydroxylation sites is 2. The lowest BCUT2D eigenvalue weighted by atomic mass is 10.1. The molecule has 3 rings (SSSR count). The second kappa shape index (κ2) is 7.05. The van der Waals surface area contributed by atoms with Gasteiger partial charge in [-0.05, 0) is 37.3 Å². The van der Waals surface area contributed by atoms with Crippen molar-refractivity contribution in [3.8, 4) is 17.6 Å². The summed E-state index contributed by atoms with van der Waals surface area (Å²) in [5.41, 5.74) is 0.983. The highest BCUT2D eigenvalue weighted by Crippen LogP contribution is 2.31. The first kappa shape index (κ1) is 15.9. The fourth-order valence-corrected chi connectivity index (χ4v) is 2.66. The van der Waals surface area contributed by atoms with E-state index in [4.69, 9.17) is 14.7 Å². The molecule has 1 atom stereocenters. The van der Waals surface area contributed by atoms with Crippen LogP contribution in [0.1, 0.15) is 22.8 Å². The predicted molar refractivity (Wildman–Crippen MR) is 89.1 cm³/mol. The lowest BCUT2D eigenvalue weighted by molar-refractivity contribution is 0.0475. The summed E-state index contributed by atoms with van der Waals surface area (Å²) in [5.74, 6) is 1.31. The number of carbonyl (C=O) groups is 1. The molecular weight excluding hydrogens is 304 g/mol. The predicted octanol–water partition coefficient (Wildman–Crippen LogP) is 2.86. The van der Waals surface area contributed by atoms with E-state index in [-0.39, 0.29) is 12.0 Å². The number of benzene rings is 2. The third-order valence-corrected chi connectivity index (χ3v) is 3.90. The first-order chi connectivity index (χ1) is 11.7. The van der Waals surface area contributed by atoms with Crippen LogP contribution in [0, 0.1) is 11.3 Å². The van der Waals surface area contributed by atoms with Gasteiger partial charge in [0.1, 0.15) is 6.61 Å². The highest BCUT2D eigenvalue weighted by molar-refractivity contribution is 5.94. The minimum Gasteiger partial charge on any atom is -0.486 e. The smallest absolute Gasteiger partial charge is 0.254 e. The van der Waals surface area contributed by atoms with E-state index in [1.165, 1.54) is 0 Å². The number of amides is 1. The molecule has 0 saturated carbocycles. The highest BCUT2D eigenvalue weighted by Gasteiger charge is 2.25. The van der Waals surface area contributed by atoms with Crippen LogP contribution in [-0.2, 0) is 0 Å². The van der Waals surface area contributed by atoms with E-state index in [9.17, 15) is 4.79 Å². The zero-order chi connectivity index (χ0) is 16.9. The zero-order valence-corrected chi connectivity index (χ0v) is 13.4. The Kier molecular flexibility index (Phi) is 4.66. The normalized spacial score (nSPS) is 15.4. The fourth-order valence-electron chi connectivity index (χ4n) is 2.66. The van der Waals surface area contributed by atoms with E-state index in [1.807, 2.05) is 31.2 Å². The second-order valence-electron chi connectivity index (χ2n) is 5.53. The summed E-state index contributed by atoms with van der Waals surface area (Å²) in [6.45, 7) is 3.31. The molecule has 5 nitrogen and oxygen atoms in total. The van der Waals surface area contributed by atoms with E-state index in [0.29, 0.717) is 36.6 Å². The molecule has 5 heteroatoms. The van der Waals surface area contributed by atoms with Gasteiger partial charge in [0.2, 0.25) is 0 Å². The summed E-state index contributed by atoms with van der Waals surface area (Å²) in [4.78, 5) is 14.4. The van der Waals surface area contributed by atoms with Crippen molar-refractivity contribution in [2.45, 2.75) is 13.0 Å². The van der Waals surface area contributed by atoms with Crippen LogP contribution in [0.5, 0.6) is 11.5 Å². The monoisotopic (exact) mass is 322 g/mol. The van der Waals surface area contributed by atoms with Gasteiger partial charge in [0.05, 0.1) is 18.2 Å². The third kappa shape index (κ3) is 3.33. The summed E-state index contributed by atoms with van der Waals surface area (Å²) < 4.78 is 11.6. The Bertz CT molecular complexity index is 782. The summed E-state index contributed by atoms with van der Waals surface area (Å²) >= 11 is 0. The summed E-state index contributed by atoms with van der Waals surface area (Å²) in [7, 11) is 0. The number of hydrogen-bond acceptors (Lipinski definition) is 4. The second-order valence-corrected chi connectivity index (χ2v) is 5.53. The Morgan fingerprint density at radius 2 is 2.04 bits per heavy atom. The van der Waals surface area contributed by atoms with Crippen molar-refractivity contribution in [3.63, 3.8) is 0 Å². The molecule has 1 heterocycles. The topological polar surface area (TPSA) is 62.6 Å². The molecule has 0 fully saturated rings. The number of ether oxygens (including phenoxy) is 2. The largest absolute Gasteiger partial charge is 0.486 e. The molecule has 1 aliphatic rings. The van der Waals surface area contributed by atoms with Gasteiger partial charge in [-0.25, -0.2) is 0 Å². The van der Waals surface area contributed by atoms with Gasteiger partial charge in [0.25, 0.3) is 5.91 Å². The van der Waals surface area contributed by atoms with Crippen LogP contribution in [0.3, 0.4) is 0 Å². The SMILES string of the molecule is CCN(C[C@H]1COc2ccccc2O1)C(=O)c1cccc(C#N)c1. The summed E-state index contributed by atoms with van der Waals surface area (Å²) in [6.07, 6.45) is -0.219. The molecule has 1 amide bonds. The maximum Gasteiger partial charge on any atom is 0.254 e. The van der Waals surface area contributed by atoms with Crippen molar-refractivity contribution in [1.29, 1.82) is 5.26 Å². The molecule has 1 aliphatic heterocycles. The minimum atomic E-state index is -0.219. The standard InChI is InChI=1S/C19H18N2O3/c1-2-21(19(22)15-7-5-6-14(10-15)11-20)12-16-13-23-17-8-3-4-9-18(17)24-16/h3-10,16H,2,12-13H2,1H3/t16-/m0/s1. The Morgan fingerprint density at radius 3 is 2.79 bits per heavy atom. The third-order valence-electron chi connectivity index (χ3n) is 3.90. The number of rotatable bonds is 4. The molecule has 0 aliphatic carbocycles. The quantitative estimate of drug-likeness (QED) is 0.868. The Balaban J connectivity index is 1.71. The minimum absolute atomic E-state index is 0.114. The number of hydrogen-bond donors (Lipinski definition) is 0. The van der Waals surface area contributed by atoms with E-state index < -0.39 is 0 Å². The molecule has 0 radical (unpaired) electrons. The molecule has 2 aromatic rings. The van der Waals surface area contributed by atoms with Gasteiger partial charge in [-0.1, -0.05) is 18.2 Å². The van der Waals surface area contributed by atoms with Crippen LogP contribution in [0.4, 0.5) is 0 Å². The van der Waals surface area contributed by atoms with Crippen LogP contribution < -0.4 is 9.47 Å². The number of nitrogens with zero attached hydrogens (tertiary/aromatic N) is 2. The average Bonchev–Trinajstić information content (AvgIpc) is 2.65. The Labute approximate surface area is 141 Å². The van der Waals surface area contributed by atoms with Gasteiger partial charge >= 0.3 is 0 Å². The molecule has 0 bridgehead atoms. The van der Waals surface area contributed by atoms with Crippen molar-refractivity contribution in [1.82, 2.24) is 4.90 Å². The molecule has 0 spiro atoms. The Morgan fingerprint density at radius 1 is 1.25 bits per heavy atom. The molecule has 24 heavy (non-hydrogen) atoms. The lowest BCUT2D eigenvalue weighted by Gasteiger charge is -2.31.